The Balaban J connectivity index is 1.91. The van der Waals surface area contributed by atoms with Gasteiger partial charge in [-0.3, -0.25) is 4.90 Å². The van der Waals surface area contributed by atoms with E-state index in [0.29, 0.717) is 23.7 Å². The minimum atomic E-state index is -0.489. The van der Waals surface area contributed by atoms with Gasteiger partial charge >= 0.3 is 0 Å². The van der Waals surface area contributed by atoms with Crippen molar-refractivity contribution in [3.05, 3.63) is 29.8 Å². The summed E-state index contributed by atoms with van der Waals surface area (Å²) in [6.07, 6.45) is 2.43. The Morgan fingerprint density at radius 3 is 2.45 bits per heavy atom. The number of piperazine rings is 1. The van der Waals surface area contributed by atoms with Gasteiger partial charge in [0.2, 0.25) is 0 Å². The molecule has 2 atom stereocenters. The van der Waals surface area contributed by atoms with Gasteiger partial charge in [0.05, 0.1) is 0 Å². The van der Waals surface area contributed by atoms with Crippen LogP contribution in [0.3, 0.4) is 0 Å². The summed E-state index contributed by atoms with van der Waals surface area (Å²) >= 11 is 0. The van der Waals surface area contributed by atoms with Gasteiger partial charge in [-0.05, 0) is 37.4 Å². The Morgan fingerprint density at radius 2 is 1.80 bits per heavy atom. The van der Waals surface area contributed by atoms with E-state index < -0.39 is 11.6 Å². The van der Waals surface area contributed by atoms with E-state index in [1.165, 1.54) is 31.5 Å². The number of nitrogens with zero attached hydrogens (tertiary/aromatic N) is 2. The molecule has 0 aliphatic carbocycles. The SMILES string of the molecule is CC(C)C1CN2CCCC2CN1c1cc(F)cc(F)c1. The molecule has 0 bridgehead atoms. The highest BCUT2D eigenvalue weighted by Crippen LogP contribution is 2.32. The van der Waals surface area contributed by atoms with Crippen LogP contribution in [0.1, 0.15) is 26.7 Å². The molecule has 0 N–H and O–H groups in total. The minimum absolute atomic E-state index is 0.325. The molecule has 110 valence electrons. The molecule has 2 unspecified atom stereocenters. The molecule has 3 rings (SSSR count). The van der Waals surface area contributed by atoms with E-state index in [1.807, 2.05) is 0 Å². The predicted octanol–water partition coefficient (Wildman–Crippen LogP) is 3.27. The summed E-state index contributed by atoms with van der Waals surface area (Å²) in [5.74, 6) is -0.518. The van der Waals surface area contributed by atoms with Crippen molar-refractivity contribution >= 4 is 5.69 Å². The van der Waals surface area contributed by atoms with Crippen LogP contribution in [-0.4, -0.2) is 36.6 Å². The Kier molecular flexibility index (Phi) is 3.67. The molecule has 2 fully saturated rings. The van der Waals surface area contributed by atoms with Gasteiger partial charge in [0.25, 0.3) is 0 Å². The van der Waals surface area contributed by atoms with E-state index >= 15 is 0 Å². The summed E-state index contributed by atoms with van der Waals surface area (Å²) in [7, 11) is 0. The monoisotopic (exact) mass is 280 g/mol. The van der Waals surface area contributed by atoms with Crippen LogP contribution in [0.5, 0.6) is 0 Å². The van der Waals surface area contributed by atoms with E-state index in [2.05, 4.69) is 23.6 Å². The smallest absolute Gasteiger partial charge is 0.128 e. The van der Waals surface area contributed by atoms with Crippen molar-refractivity contribution in [2.45, 2.75) is 38.8 Å². The van der Waals surface area contributed by atoms with Crippen LogP contribution in [0.15, 0.2) is 18.2 Å². The zero-order chi connectivity index (χ0) is 14.3. The lowest BCUT2D eigenvalue weighted by Gasteiger charge is -2.46. The van der Waals surface area contributed by atoms with E-state index in [0.717, 1.165) is 19.2 Å². The first kappa shape index (κ1) is 13.8. The third-order valence-corrected chi connectivity index (χ3v) is 4.68. The van der Waals surface area contributed by atoms with E-state index in [1.54, 1.807) is 0 Å². The number of anilines is 1. The second-order valence-corrected chi connectivity index (χ2v) is 6.38. The van der Waals surface area contributed by atoms with Crippen molar-refractivity contribution in [2.24, 2.45) is 5.92 Å². The zero-order valence-electron chi connectivity index (χ0n) is 12.1. The molecule has 4 heteroatoms. The lowest BCUT2D eigenvalue weighted by atomic mass is 9.96. The fraction of sp³-hybridized carbons (Fsp3) is 0.625. The minimum Gasteiger partial charge on any atom is -0.365 e. The molecule has 1 aromatic carbocycles. The number of fused-ring (bicyclic) bond motifs is 1. The molecule has 2 nitrogen and oxygen atoms in total. The van der Waals surface area contributed by atoms with E-state index in [4.69, 9.17) is 0 Å². The normalized spacial score (nSPS) is 27.1. The van der Waals surface area contributed by atoms with Gasteiger partial charge < -0.3 is 4.90 Å². The second-order valence-electron chi connectivity index (χ2n) is 6.38. The average Bonchev–Trinajstić information content (AvgIpc) is 2.83. The first-order valence-electron chi connectivity index (χ1n) is 7.51. The van der Waals surface area contributed by atoms with Gasteiger partial charge in [0.15, 0.2) is 0 Å². The molecular formula is C16H22F2N2. The van der Waals surface area contributed by atoms with E-state index in [-0.39, 0.29) is 0 Å². The molecule has 0 saturated carbocycles. The van der Waals surface area contributed by atoms with Crippen LogP contribution in [0.25, 0.3) is 0 Å². The maximum atomic E-state index is 13.5. The van der Waals surface area contributed by atoms with Crippen molar-refractivity contribution in [3.8, 4) is 0 Å². The maximum Gasteiger partial charge on any atom is 0.128 e. The third kappa shape index (κ3) is 2.53. The fourth-order valence-electron chi connectivity index (χ4n) is 3.62. The van der Waals surface area contributed by atoms with Crippen molar-refractivity contribution in [2.75, 3.05) is 24.5 Å². The molecular weight excluding hydrogens is 258 g/mol. The van der Waals surface area contributed by atoms with Crippen LogP contribution in [0, 0.1) is 17.6 Å². The highest BCUT2D eigenvalue weighted by atomic mass is 19.1. The summed E-state index contributed by atoms with van der Waals surface area (Å²) in [4.78, 5) is 4.75. The molecule has 2 heterocycles. The largest absolute Gasteiger partial charge is 0.365 e. The van der Waals surface area contributed by atoms with Crippen LogP contribution in [0.4, 0.5) is 14.5 Å². The van der Waals surface area contributed by atoms with Crippen LogP contribution < -0.4 is 4.90 Å². The van der Waals surface area contributed by atoms with Gasteiger partial charge in [-0.25, -0.2) is 8.78 Å². The molecule has 20 heavy (non-hydrogen) atoms. The fourth-order valence-corrected chi connectivity index (χ4v) is 3.62. The van der Waals surface area contributed by atoms with Crippen LogP contribution >= 0.6 is 0 Å². The highest BCUT2D eigenvalue weighted by molar-refractivity contribution is 5.49. The average molecular weight is 280 g/mol. The number of hydrogen-bond donors (Lipinski definition) is 0. The topological polar surface area (TPSA) is 6.48 Å². The first-order valence-corrected chi connectivity index (χ1v) is 7.51. The molecule has 2 saturated heterocycles. The highest BCUT2D eigenvalue weighted by Gasteiger charge is 2.37. The molecule has 0 spiro atoms. The summed E-state index contributed by atoms with van der Waals surface area (Å²) in [5.41, 5.74) is 0.688. The van der Waals surface area contributed by atoms with Gasteiger partial charge in [-0.2, -0.15) is 0 Å². The second kappa shape index (κ2) is 5.32. The molecule has 1 aromatic rings. The van der Waals surface area contributed by atoms with E-state index in [9.17, 15) is 8.78 Å². The Morgan fingerprint density at radius 1 is 1.10 bits per heavy atom. The van der Waals surface area contributed by atoms with Crippen molar-refractivity contribution < 1.29 is 8.78 Å². The summed E-state index contributed by atoms with van der Waals surface area (Å²) in [6, 6.07) is 4.73. The summed E-state index contributed by atoms with van der Waals surface area (Å²) < 4.78 is 27.0. The van der Waals surface area contributed by atoms with Gasteiger partial charge in [0.1, 0.15) is 11.6 Å². The molecule has 0 radical (unpaired) electrons. The predicted molar refractivity (Wildman–Crippen MR) is 76.9 cm³/mol. The van der Waals surface area contributed by atoms with Crippen LogP contribution in [0.2, 0.25) is 0 Å². The van der Waals surface area contributed by atoms with Crippen molar-refractivity contribution in [3.63, 3.8) is 0 Å². The maximum absolute atomic E-state index is 13.5. The number of rotatable bonds is 2. The van der Waals surface area contributed by atoms with Gasteiger partial charge in [0, 0.05) is 36.9 Å². The zero-order valence-corrected chi connectivity index (χ0v) is 12.1. The molecule has 0 aromatic heterocycles. The number of benzene rings is 1. The third-order valence-electron chi connectivity index (χ3n) is 4.68. The standard InChI is InChI=1S/C16H22F2N2/c1-11(2)16-10-19-5-3-4-14(19)9-20(16)15-7-12(17)6-13(18)8-15/h6-8,11,14,16H,3-5,9-10H2,1-2H3. The summed E-state index contributed by atoms with van der Waals surface area (Å²) in [5, 5.41) is 0. The van der Waals surface area contributed by atoms with Crippen molar-refractivity contribution in [1.82, 2.24) is 4.90 Å². The lowest BCUT2D eigenvalue weighted by molar-refractivity contribution is 0.176. The van der Waals surface area contributed by atoms with Gasteiger partial charge in [-0.15, -0.1) is 0 Å². The quantitative estimate of drug-likeness (QED) is 0.820. The summed E-state index contributed by atoms with van der Waals surface area (Å²) in [6.45, 7) is 7.42. The Bertz CT molecular complexity index is 469. The van der Waals surface area contributed by atoms with Gasteiger partial charge in [-0.1, -0.05) is 13.8 Å². The number of halogens is 2. The molecule has 0 amide bonds. The van der Waals surface area contributed by atoms with Crippen LogP contribution in [-0.2, 0) is 0 Å². The molecule has 2 aliphatic heterocycles. The molecule has 2 aliphatic rings. The Hall–Kier alpha value is -1.16. The number of hydrogen-bond acceptors (Lipinski definition) is 2. The lowest BCUT2D eigenvalue weighted by Crippen LogP contribution is -2.58. The first-order chi connectivity index (χ1) is 9.54. The van der Waals surface area contributed by atoms with Crippen molar-refractivity contribution in [1.29, 1.82) is 0 Å². The Labute approximate surface area is 119 Å².